The summed E-state index contributed by atoms with van der Waals surface area (Å²) in [6.07, 6.45) is 7.15. The fourth-order valence-corrected chi connectivity index (χ4v) is 2.56. The molecule has 7 nitrogen and oxygen atoms in total. The van der Waals surface area contributed by atoms with Gasteiger partial charge in [-0.15, -0.1) is 24.8 Å². The lowest BCUT2D eigenvalue weighted by molar-refractivity contribution is -0.135. The molecule has 1 amide bonds. The van der Waals surface area contributed by atoms with Gasteiger partial charge in [0.1, 0.15) is 18.4 Å². The van der Waals surface area contributed by atoms with Gasteiger partial charge in [-0.1, -0.05) is 0 Å². The number of aromatic nitrogens is 4. The van der Waals surface area contributed by atoms with E-state index < -0.39 is 0 Å². The second kappa shape index (κ2) is 8.17. The third kappa shape index (κ3) is 3.79. The molecule has 122 valence electrons. The Hall–Kier alpha value is -1.57. The van der Waals surface area contributed by atoms with E-state index in [1.165, 1.54) is 0 Å². The van der Waals surface area contributed by atoms with Crippen molar-refractivity contribution >= 4 is 30.7 Å². The molecule has 0 spiro atoms. The van der Waals surface area contributed by atoms with Gasteiger partial charge in [0.2, 0.25) is 5.91 Å². The first-order chi connectivity index (χ1) is 9.75. The van der Waals surface area contributed by atoms with Crippen LogP contribution in [0.15, 0.2) is 30.9 Å². The molecule has 2 aromatic heterocycles. The number of carbonyl (C=O) groups is 1. The second-order valence-electron chi connectivity index (χ2n) is 4.91. The Morgan fingerprint density at radius 3 is 2.82 bits per heavy atom. The molecule has 3 rings (SSSR count). The maximum atomic E-state index is 12.5. The van der Waals surface area contributed by atoms with E-state index in [1.807, 2.05) is 28.8 Å². The number of halogens is 2. The third-order valence-electron chi connectivity index (χ3n) is 3.58. The molecule has 1 atom stereocenters. The van der Waals surface area contributed by atoms with Crippen molar-refractivity contribution in [2.45, 2.75) is 12.6 Å². The van der Waals surface area contributed by atoms with E-state index in [0.717, 1.165) is 18.9 Å². The minimum Gasteiger partial charge on any atom is -0.336 e. The quantitative estimate of drug-likeness (QED) is 0.885. The Bertz CT molecular complexity index is 585. The molecule has 22 heavy (non-hydrogen) atoms. The molecule has 0 bridgehead atoms. The van der Waals surface area contributed by atoms with E-state index in [2.05, 4.69) is 15.4 Å². The van der Waals surface area contributed by atoms with E-state index in [1.54, 1.807) is 23.3 Å². The largest absolute Gasteiger partial charge is 0.336 e. The molecular weight excluding hydrogens is 327 g/mol. The van der Waals surface area contributed by atoms with Crippen LogP contribution < -0.4 is 5.32 Å². The van der Waals surface area contributed by atoms with Crippen LogP contribution in [-0.2, 0) is 18.4 Å². The van der Waals surface area contributed by atoms with Crippen LogP contribution in [0.1, 0.15) is 11.9 Å². The smallest absolute Gasteiger partial charge is 0.245 e. The molecule has 1 aliphatic rings. The number of amides is 1. The van der Waals surface area contributed by atoms with Crippen molar-refractivity contribution in [2.24, 2.45) is 7.05 Å². The van der Waals surface area contributed by atoms with Crippen molar-refractivity contribution in [1.82, 2.24) is 29.5 Å². The summed E-state index contributed by atoms with van der Waals surface area (Å²) in [4.78, 5) is 18.7. The van der Waals surface area contributed by atoms with E-state index in [9.17, 15) is 4.79 Å². The highest BCUT2D eigenvalue weighted by atomic mass is 35.5. The lowest BCUT2D eigenvalue weighted by Gasteiger charge is -2.35. The first-order valence-electron chi connectivity index (χ1n) is 6.70. The molecule has 1 N–H and O–H groups in total. The molecule has 1 aliphatic heterocycles. The van der Waals surface area contributed by atoms with Gasteiger partial charge < -0.3 is 14.8 Å². The zero-order valence-electron chi connectivity index (χ0n) is 12.3. The second-order valence-corrected chi connectivity index (χ2v) is 4.91. The Morgan fingerprint density at radius 1 is 1.36 bits per heavy atom. The van der Waals surface area contributed by atoms with E-state index in [0.29, 0.717) is 6.54 Å². The van der Waals surface area contributed by atoms with Crippen molar-refractivity contribution < 1.29 is 4.79 Å². The number of imidazole rings is 1. The van der Waals surface area contributed by atoms with Crippen LogP contribution in [0.25, 0.3) is 0 Å². The number of aryl methyl sites for hydroxylation is 1. The topological polar surface area (TPSA) is 68.0 Å². The lowest BCUT2D eigenvalue weighted by Crippen LogP contribution is -2.50. The summed E-state index contributed by atoms with van der Waals surface area (Å²) in [5.74, 6) is 0.981. The molecule has 9 heteroatoms. The Kier molecular flexibility index (Phi) is 6.86. The number of carbonyl (C=O) groups excluding carboxylic acids is 1. The van der Waals surface area contributed by atoms with Crippen LogP contribution in [0.3, 0.4) is 0 Å². The summed E-state index contributed by atoms with van der Waals surface area (Å²) in [7, 11) is 1.95. The molecule has 1 unspecified atom stereocenters. The number of hydrogen-bond donors (Lipinski definition) is 1. The maximum absolute atomic E-state index is 12.5. The summed E-state index contributed by atoms with van der Waals surface area (Å²) in [5.41, 5.74) is 0. The molecule has 2 aromatic rings. The molecule has 0 aromatic carbocycles. The summed E-state index contributed by atoms with van der Waals surface area (Å²) in [6.45, 7) is 2.51. The molecule has 0 aliphatic carbocycles. The van der Waals surface area contributed by atoms with Crippen molar-refractivity contribution in [3.63, 3.8) is 0 Å². The van der Waals surface area contributed by atoms with Crippen LogP contribution >= 0.6 is 24.8 Å². The van der Waals surface area contributed by atoms with Gasteiger partial charge in [0.15, 0.2) is 0 Å². The van der Waals surface area contributed by atoms with Crippen molar-refractivity contribution in [1.29, 1.82) is 0 Å². The predicted octanol–water partition coefficient (Wildman–Crippen LogP) is 0.633. The number of rotatable bonds is 3. The number of hydrogen-bond acceptors (Lipinski definition) is 4. The van der Waals surface area contributed by atoms with Gasteiger partial charge in [-0.25, -0.2) is 4.98 Å². The van der Waals surface area contributed by atoms with E-state index in [4.69, 9.17) is 0 Å². The van der Waals surface area contributed by atoms with Crippen LogP contribution in [0, 0.1) is 0 Å². The van der Waals surface area contributed by atoms with Crippen molar-refractivity contribution in [3.8, 4) is 0 Å². The molecule has 0 saturated carbocycles. The molecule has 0 radical (unpaired) electrons. The van der Waals surface area contributed by atoms with Crippen molar-refractivity contribution in [3.05, 3.63) is 36.7 Å². The highest BCUT2D eigenvalue weighted by Gasteiger charge is 2.30. The molecular formula is C13H20Cl2N6O. The normalized spacial score (nSPS) is 17.5. The van der Waals surface area contributed by atoms with Crippen LogP contribution in [0.2, 0.25) is 0 Å². The zero-order valence-corrected chi connectivity index (χ0v) is 13.9. The van der Waals surface area contributed by atoms with Gasteiger partial charge in [-0.3, -0.25) is 9.48 Å². The van der Waals surface area contributed by atoms with Gasteiger partial charge >= 0.3 is 0 Å². The highest BCUT2D eigenvalue weighted by molar-refractivity contribution is 5.85. The average molecular weight is 347 g/mol. The van der Waals surface area contributed by atoms with Gasteiger partial charge in [0.05, 0.1) is 0 Å². The Morgan fingerprint density at radius 2 is 2.18 bits per heavy atom. The van der Waals surface area contributed by atoms with Gasteiger partial charge in [0.25, 0.3) is 0 Å². The first-order valence-corrected chi connectivity index (χ1v) is 6.70. The molecule has 3 heterocycles. The SMILES string of the molecule is Cl.Cl.Cn1ccnc1C1CNCCN1C(=O)Cn1cccn1. The van der Waals surface area contributed by atoms with Gasteiger partial charge in [0, 0.05) is 51.5 Å². The third-order valence-corrected chi connectivity index (χ3v) is 3.58. The molecule has 1 fully saturated rings. The lowest BCUT2D eigenvalue weighted by atomic mass is 10.1. The highest BCUT2D eigenvalue weighted by Crippen LogP contribution is 2.20. The Balaban J connectivity index is 0.00000121. The fourth-order valence-electron chi connectivity index (χ4n) is 2.56. The van der Waals surface area contributed by atoms with Crippen molar-refractivity contribution in [2.75, 3.05) is 19.6 Å². The van der Waals surface area contributed by atoms with E-state index in [-0.39, 0.29) is 43.3 Å². The summed E-state index contributed by atoms with van der Waals surface area (Å²) in [5, 5.41) is 7.41. The van der Waals surface area contributed by atoms with Crippen LogP contribution in [-0.4, -0.2) is 49.8 Å². The van der Waals surface area contributed by atoms with E-state index >= 15 is 0 Å². The zero-order chi connectivity index (χ0) is 13.9. The van der Waals surface area contributed by atoms with Crippen LogP contribution in [0.5, 0.6) is 0 Å². The number of nitrogens with one attached hydrogen (secondary N) is 1. The standard InChI is InChI=1S/C13H18N6O.2ClH/c1-17-7-5-15-13(17)11-9-14-4-8-19(11)12(20)10-18-6-2-3-16-18;;/h2-3,5-7,11,14H,4,8-10H2,1H3;2*1H. The summed E-state index contributed by atoms with van der Waals surface area (Å²) in [6, 6.07) is 1.80. The minimum absolute atomic E-state index is 0. The monoisotopic (exact) mass is 346 g/mol. The number of piperazine rings is 1. The summed E-state index contributed by atoms with van der Waals surface area (Å²) < 4.78 is 3.62. The molecule has 1 saturated heterocycles. The minimum atomic E-state index is -0.0215. The maximum Gasteiger partial charge on any atom is 0.245 e. The van der Waals surface area contributed by atoms with Gasteiger partial charge in [-0.2, -0.15) is 5.10 Å². The van der Waals surface area contributed by atoms with Gasteiger partial charge in [-0.05, 0) is 6.07 Å². The number of nitrogens with zero attached hydrogens (tertiary/aromatic N) is 5. The predicted molar refractivity (Wildman–Crippen MR) is 87.3 cm³/mol. The fraction of sp³-hybridized carbons (Fsp3) is 0.462. The van der Waals surface area contributed by atoms with Crippen LogP contribution in [0.4, 0.5) is 0 Å². The Labute approximate surface area is 141 Å². The first kappa shape index (κ1) is 18.5. The average Bonchev–Trinajstić information content (AvgIpc) is 3.10. The summed E-state index contributed by atoms with van der Waals surface area (Å²) >= 11 is 0.